The molecule has 3 nitrogen and oxygen atoms in total. The Kier molecular flexibility index (Phi) is 6.57. The third-order valence-electron chi connectivity index (χ3n) is 2.61. The number of halogens is 2. The van der Waals surface area contributed by atoms with Crippen molar-refractivity contribution in [3.05, 3.63) is 49.6 Å². The Morgan fingerprint density at radius 2 is 1.30 bits per heavy atom. The van der Waals surface area contributed by atoms with Gasteiger partial charge in [-0.15, -0.1) is 0 Å². The van der Waals surface area contributed by atoms with E-state index in [0.29, 0.717) is 0 Å². The minimum atomic E-state index is -0.221. The van der Waals surface area contributed by atoms with Gasteiger partial charge in [-0.05, 0) is 36.4 Å². The summed E-state index contributed by atoms with van der Waals surface area (Å²) in [6.07, 6.45) is 0. The van der Waals surface area contributed by atoms with Gasteiger partial charge in [-0.3, -0.25) is 0 Å². The molecule has 0 saturated carbocycles. The van der Waals surface area contributed by atoms with Gasteiger partial charge in [-0.2, -0.15) is 0 Å². The zero-order chi connectivity index (χ0) is 13.7. The summed E-state index contributed by atoms with van der Waals surface area (Å²) in [5, 5.41) is 0. The SMILES string of the molecule is COc1ccc([I+]c2ccc(OC)c(OC)c2)cc1.[F-]. The molecule has 0 atom stereocenters. The van der Waals surface area contributed by atoms with Gasteiger partial charge >= 0.3 is 21.2 Å². The van der Waals surface area contributed by atoms with Gasteiger partial charge in [0.15, 0.2) is 18.6 Å². The van der Waals surface area contributed by atoms with Crippen LogP contribution in [0.3, 0.4) is 0 Å². The Morgan fingerprint density at radius 1 is 0.700 bits per heavy atom. The van der Waals surface area contributed by atoms with E-state index in [-0.39, 0.29) is 25.9 Å². The highest BCUT2D eigenvalue weighted by molar-refractivity contribution is 5.38. The maximum absolute atomic E-state index is 5.32. The lowest BCUT2D eigenvalue weighted by Gasteiger charge is -2.05. The molecule has 0 aliphatic carbocycles. The lowest BCUT2D eigenvalue weighted by atomic mass is 10.3. The largest absolute Gasteiger partial charge is 1.00 e. The predicted octanol–water partition coefficient (Wildman–Crippen LogP) is -3.16. The van der Waals surface area contributed by atoms with E-state index in [2.05, 4.69) is 24.3 Å². The highest BCUT2D eigenvalue weighted by atomic mass is 127. The van der Waals surface area contributed by atoms with Crippen LogP contribution in [0.1, 0.15) is 0 Å². The number of methoxy groups -OCH3 is 3. The molecule has 0 fully saturated rings. The minimum Gasteiger partial charge on any atom is -1.00 e. The molecule has 0 spiro atoms. The first-order chi connectivity index (χ1) is 9.26. The van der Waals surface area contributed by atoms with Crippen LogP contribution in [-0.2, 0) is 0 Å². The Labute approximate surface area is 128 Å². The summed E-state index contributed by atoms with van der Waals surface area (Å²) in [6, 6.07) is 14.3. The van der Waals surface area contributed by atoms with Gasteiger partial charge in [0.05, 0.1) is 21.3 Å². The van der Waals surface area contributed by atoms with Crippen LogP contribution in [0.5, 0.6) is 17.2 Å². The first kappa shape index (κ1) is 16.6. The highest BCUT2D eigenvalue weighted by Gasteiger charge is 2.18. The Hall–Kier alpha value is -1.50. The highest BCUT2D eigenvalue weighted by Crippen LogP contribution is 2.24. The van der Waals surface area contributed by atoms with Crippen molar-refractivity contribution in [1.82, 2.24) is 0 Å². The van der Waals surface area contributed by atoms with Crippen molar-refractivity contribution in [2.45, 2.75) is 0 Å². The summed E-state index contributed by atoms with van der Waals surface area (Å²) in [4.78, 5) is 0. The van der Waals surface area contributed by atoms with Crippen molar-refractivity contribution in [2.24, 2.45) is 0 Å². The molecule has 0 amide bonds. The summed E-state index contributed by atoms with van der Waals surface area (Å²) < 4.78 is 18.4. The second kappa shape index (κ2) is 7.94. The predicted molar refractivity (Wildman–Crippen MR) is 69.9 cm³/mol. The molecule has 0 aromatic heterocycles. The quantitative estimate of drug-likeness (QED) is 0.505. The smallest absolute Gasteiger partial charge is 0.358 e. The van der Waals surface area contributed by atoms with Gasteiger partial charge in [-0.25, -0.2) is 0 Å². The molecule has 0 unspecified atom stereocenters. The zero-order valence-corrected chi connectivity index (χ0v) is 13.7. The molecule has 0 N–H and O–H groups in total. The molecule has 20 heavy (non-hydrogen) atoms. The van der Waals surface area contributed by atoms with E-state index in [9.17, 15) is 0 Å². The topological polar surface area (TPSA) is 27.7 Å². The average Bonchev–Trinajstić information content (AvgIpc) is 2.48. The van der Waals surface area contributed by atoms with Gasteiger partial charge in [0.25, 0.3) is 0 Å². The molecular formula is C15H16FIO3. The third-order valence-corrected chi connectivity index (χ3v) is 5.25. The fourth-order valence-corrected chi connectivity index (χ4v) is 3.86. The van der Waals surface area contributed by atoms with Crippen LogP contribution in [0.4, 0.5) is 0 Å². The van der Waals surface area contributed by atoms with Gasteiger partial charge in [-0.1, -0.05) is 0 Å². The molecule has 0 heterocycles. The molecule has 0 aliphatic heterocycles. The van der Waals surface area contributed by atoms with Gasteiger partial charge in [0, 0.05) is 6.07 Å². The van der Waals surface area contributed by atoms with Crippen molar-refractivity contribution in [2.75, 3.05) is 21.3 Å². The van der Waals surface area contributed by atoms with Gasteiger partial charge in [0.2, 0.25) is 0 Å². The second-order valence-electron chi connectivity index (χ2n) is 3.75. The molecule has 0 radical (unpaired) electrons. The number of hydrogen-bond donors (Lipinski definition) is 0. The van der Waals surface area contributed by atoms with Gasteiger partial charge in [0.1, 0.15) is 5.75 Å². The van der Waals surface area contributed by atoms with Crippen molar-refractivity contribution in [1.29, 1.82) is 0 Å². The lowest BCUT2D eigenvalue weighted by Crippen LogP contribution is -3.61. The van der Waals surface area contributed by atoms with Crippen LogP contribution < -0.4 is 40.1 Å². The maximum Gasteiger partial charge on any atom is 0.358 e. The van der Waals surface area contributed by atoms with Crippen LogP contribution in [0.2, 0.25) is 0 Å². The van der Waals surface area contributed by atoms with Crippen molar-refractivity contribution in [3.63, 3.8) is 0 Å². The Morgan fingerprint density at radius 3 is 1.85 bits per heavy atom. The molecule has 5 heteroatoms. The van der Waals surface area contributed by atoms with Crippen molar-refractivity contribution < 1.29 is 40.1 Å². The van der Waals surface area contributed by atoms with E-state index >= 15 is 0 Å². The first-order valence-electron chi connectivity index (χ1n) is 5.77. The van der Waals surface area contributed by atoms with Gasteiger partial charge < -0.3 is 18.9 Å². The maximum atomic E-state index is 5.32. The Balaban J connectivity index is 0.00000200. The second-order valence-corrected chi connectivity index (χ2v) is 6.78. The lowest BCUT2D eigenvalue weighted by molar-refractivity contribution is -0.597. The molecule has 2 aromatic carbocycles. The summed E-state index contributed by atoms with van der Waals surface area (Å²) in [5.41, 5.74) is 0. The van der Waals surface area contributed by atoms with E-state index in [4.69, 9.17) is 14.2 Å². The van der Waals surface area contributed by atoms with E-state index in [1.165, 1.54) is 7.14 Å². The zero-order valence-electron chi connectivity index (χ0n) is 11.5. The van der Waals surface area contributed by atoms with E-state index < -0.39 is 0 Å². The molecule has 108 valence electrons. The van der Waals surface area contributed by atoms with Crippen LogP contribution in [-0.4, -0.2) is 21.3 Å². The number of hydrogen-bond acceptors (Lipinski definition) is 3. The standard InChI is InChI=1S/C15H16IO3.FH/c1-17-13-7-4-11(5-8-13)16-12-6-9-14(18-2)15(10-12)19-3;/h4-10H,1-3H3;1H/q+1;/p-1. The van der Waals surface area contributed by atoms with Crippen molar-refractivity contribution in [3.8, 4) is 17.2 Å². The third kappa shape index (κ3) is 4.00. The number of rotatable bonds is 5. The molecular weight excluding hydrogens is 374 g/mol. The number of ether oxygens (including phenoxy) is 3. The average molecular weight is 390 g/mol. The first-order valence-corrected chi connectivity index (χ1v) is 7.93. The van der Waals surface area contributed by atoms with Crippen LogP contribution >= 0.6 is 0 Å². The monoisotopic (exact) mass is 390 g/mol. The fraction of sp³-hybridized carbons (Fsp3) is 0.200. The summed E-state index contributed by atoms with van der Waals surface area (Å²) in [5.74, 6) is 2.44. The molecule has 0 bridgehead atoms. The van der Waals surface area contributed by atoms with E-state index in [1.807, 2.05) is 18.2 Å². The summed E-state index contributed by atoms with van der Waals surface area (Å²) in [6.45, 7) is 0. The number of benzene rings is 2. The summed E-state index contributed by atoms with van der Waals surface area (Å²) in [7, 11) is 4.99. The van der Waals surface area contributed by atoms with Crippen LogP contribution in [0.25, 0.3) is 0 Å². The van der Waals surface area contributed by atoms with E-state index in [1.54, 1.807) is 21.3 Å². The molecule has 0 aliphatic rings. The van der Waals surface area contributed by atoms with Crippen molar-refractivity contribution >= 4 is 0 Å². The minimum absolute atomic E-state index is 0. The molecule has 2 rings (SSSR count). The van der Waals surface area contributed by atoms with Crippen LogP contribution in [0, 0.1) is 7.14 Å². The summed E-state index contributed by atoms with van der Waals surface area (Å²) >= 11 is -0.221. The normalized spacial score (nSPS) is 9.55. The Bertz CT molecular complexity index is 543. The van der Waals surface area contributed by atoms with E-state index in [0.717, 1.165) is 17.2 Å². The molecule has 2 aromatic rings. The fourth-order valence-electron chi connectivity index (χ4n) is 1.63. The molecule has 0 saturated heterocycles. The van der Waals surface area contributed by atoms with Crippen LogP contribution in [0.15, 0.2) is 42.5 Å².